The van der Waals surface area contributed by atoms with Crippen LogP contribution in [0.1, 0.15) is 23.2 Å². The van der Waals surface area contributed by atoms with Crippen molar-refractivity contribution in [1.29, 1.82) is 0 Å². The Morgan fingerprint density at radius 2 is 1.89 bits per heavy atom. The number of nitrogens with zero attached hydrogens (tertiary/aromatic N) is 2. The first-order chi connectivity index (χ1) is 12.8. The number of carbonyl (C=O) groups is 1. The standard InChI is InChI=1S/C17H17F3N2O5/c1-25-11-4-2-10(3-5-11)14-13(16(23)24)15(21-27-14)22-8-6-12(7-9-22)26-17(18,19)20/h2-5,12H,6-9H2,1H3,(H,23,24). The van der Waals surface area contributed by atoms with Crippen molar-refractivity contribution in [3.63, 3.8) is 0 Å². The van der Waals surface area contributed by atoms with Crippen LogP contribution < -0.4 is 9.64 Å². The number of ether oxygens (including phenoxy) is 2. The topological polar surface area (TPSA) is 85.0 Å². The van der Waals surface area contributed by atoms with Gasteiger partial charge in [-0.05, 0) is 37.1 Å². The lowest BCUT2D eigenvalue weighted by Crippen LogP contribution is -2.39. The van der Waals surface area contributed by atoms with E-state index >= 15 is 0 Å². The summed E-state index contributed by atoms with van der Waals surface area (Å²) in [5.74, 6) is -0.458. The van der Waals surface area contributed by atoms with Gasteiger partial charge in [-0.2, -0.15) is 0 Å². The van der Waals surface area contributed by atoms with Crippen molar-refractivity contribution in [3.8, 4) is 17.1 Å². The molecule has 1 saturated heterocycles. The highest BCUT2D eigenvalue weighted by Gasteiger charge is 2.36. The molecule has 3 rings (SSSR count). The minimum atomic E-state index is -4.69. The first kappa shape index (κ1) is 19.0. The number of aromatic nitrogens is 1. The molecule has 10 heteroatoms. The van der Waals surface area contributed by atoms with E-state index < -0.39 is 18.4 Å². The van der Waals surface area contributed by atoms with Crippen LogP contribution in [0.5, 0.6) is 5.75 Å². The molecule has 1 fully saturated rings. The molecular weight excluding hydrogens is 369 g/mol. The van der Waals surface area contributed by atoms with Crippen LogP contribution in [0.25, 0.3) is 11.3 Å². The number of halogens is 3. The fourth-order valence-electron chi connectivity index (χ4n) is 3.00. The lowest BCUT2D eigenvalue weighted by atomic mass is 10.1. The molecule has 0 bridgehead atoms. The molecule has 146 valence electrons. The van der Waals surface area contributed by atoms with Crippen molar-refractivity contribution >= 4 is 11.8 Å². The van der Waals surface area contributed by atoms with E-state index in [2.05, 4.69) is 9.89 Å². The zero-order chi connectivity index (χ0) is 19.6. The van der Waals surface area contributed by atoms with E-state index in [1.165, 1.54) is 7.11 Å². The van der Waals surface area contributed by atoms with Gasteiger partial charge in [0.2, 0.25) is 0 Å². The summed E-state index contributed by atoms with van der Waals surface area (Å²) in [5, 5.41) is 13.5. The van der Waals surface area contributed by atoms with Crippen molar-refractivity contribution in [2.45, 2.75) is 25.3 Å². The molecule has 1 aliphatic heterocycles. The normalized spacial score (nSPS) is 15.8. The second-order valence-electron chi connectivity index (χ2n) is 5.99. The highest BCUT2D eigenvalue weighted by Crippen LogP contribution is 2.34. The highest BCUT2D eigenvalue weighted by molar-refractivity contribution is 5.99. The van der Waals surface area contributed by atoms with Crippen LogP contribution in [0.4, 0.5) is 19.0 Å². The molecule has 0 spiro atoms. The number of carboxylic acids is 1. The van der Waals surface area contributed by atoms with Crippen LogP contribution in [0, 0.1) is 0 Å². The van der Waals surface area contributed by atoms with Crippen molar-refractivity contribution in [3.05, 3.63) is 29.8 Å². The maximum Gasteiger partial charge on any atom is 0.522 e. The second kappa shape index (κ2) is 7.47. The average molecular weight is 386 g/mol. The average Bonchev–Trinajstić information content (AvgIpc) is 3.06. The number of benzene rings is 1. The molecule has 2 aromatic rings. The summed E-state index contributed by atoms with van der Waals surface area (Å²) in [6, 6.07) is 6.59. The molecule has 7 nitrogen and oxygen atoms in total. The van der Waals surface area contributed by atoms with Gasteiger partial charge >= 0.3 is 12.3 Å². The molecule has 0 atom stereocenters. The van der Waals surface area contributed by atoms with Gasteiger partial charge in [0.05, 0.1) is 13.2 Å². The number of anilines is 1. The Labute approximate surface area is 152 Å². The van der Waals surface area contributed by atoms with Crippen LogP contribution >= 0.6 is 0 Å². The number of alkyl halides is 3. The van der Waals surface area contributed by atoms with E-state index in [9.17, 15) is 23.1 Å². The fraction of sp³-hybridized carbons (Fsp3) is 0.412. The SMILES string of the molecule is COc1ccc(-c2onc(N3CCC(OC(F)(F)F)CC3)c2C(=O)O)cc1. The van der Waals surface area contributed by atoms with E-state index in [0.717, 1.165) is 0 Å². The van der Waals surface area contributed by atoms with Gasteiger partial charge in [0.15, 0.2) is 17.1 Å². The van der Waals surface area contributed by atoms with Crippen LogP contribution in [0.2, 0.25) is 0 Å². The number of hydrogen-bond acceptors (Lipinski definition) is 6. The summed E-state index contributed by atoms with van der Waals surface area (Å²) in [7, 11) is 1.51. The Hall–Kier alpha value is -2.75. The molecule has 1 aliphatic rings. The largest absolute Gasteiger partial charge is 0.522 e. The third-order valence-electron chi connectivity index (χ3n) is 4.28. The van der Waals surface area contributed by atoms with Crippen molar-refractivity contribution in [2.24, 2.45) is 0 Å². The number of piperidine rings is 1. The number of hydrogen-bond donors (Lipinski definition) is 1. The minimum absolute atomic E-state index is 0.0776. The zero-order valence-electron chi connectivity index (χ0n) is 14.3. The maximum atomic E-state index is 12.3. The summed E-state index contributed by atoms with van der Waals surface area (Å²) in [6.07, 6.45) is -5.44. The molecular formula is C17H17F3N2O5. The van der Waals surface area contributed by atoms with Crippen LogP contribution in [-0.4, -0.2) is 48.9 Å². The Morgan fingerprint density at radius 3 is 2.41 bits per heavy atom. The molecule has 2 heterocycles. The fourth-order valence-corrected chi connectivity index (χ4v) is 3.00. The molecule has 1 aromatic heterocycles. The van der Waals surface area contributed by atoms with Gasteiger partial charge in [0.1, 0.15) is 5.75 Å². The van der Waals surface area contributed by atoms with Gasteiger partial charge < -0.3 is 19.3 Å². The number of rotatable bonds is 5. The second-order valence-corrected chi connectivity index (χ2v) is 5.99. The van der Waals surface area contributed by atoms with Crippen molar-refractivity contribution < 1.29 is 37.1 Å². The molecule has 0 saturated carbocycles. The highest BCUT2D eigenvalue weighted by atomic mass is 19.4. The van der Waals surface area contributed by atoms with E-state index in [4.69, 9.17) is 9.26 Å². The molecule has 0 unspecified atom stereocenters. The molecule has 27 heavy (non-hydrogen) atoms. The van der Waals surface area contributed by atoms with Crippen molar-refractivity contribution in [1.82, 2.24) is 5.16 Å². The monoisotopic (exact) mass is 386 g/mol. The van der Waals surface area contributed by atoms with E-state index in [1.54, 1.807) is 29.2 Å². The third-order valence-corrected chi connectivity index (χ3v) is 4.28. The van der Waals surface area contributed by atoms with Gasteiger partial charge in [-0.3, -0.25) is 4.74 Å². The quantitative estimate of drug-likeness (QED) is 0.841. The first-order valence-corrected chi connectivity index (χ1v) is 8.15. The Morgan fingerprint density at radius 1 is 1.26 bits per heavy atom. The Kier molecular flexibility index (Phi) is 5.26. The van der Waals surface area contributed by atoms with E-state index in [-0.39, 0.29) is 43.1 Å². The zero-order valence-corrected chi connectivity index (χ0v) is 14.3. The predicted octanol–water partition coefficient (Wildman–Crippen LogP) is 3.55. The molecule has 1 N–H and O–H groups in total. The van der Waals surface area contributed by atoms with E-state index in [1.807, 2.05) is 0 Å². The van der Waals surface area contributed by atoms with Crippen LogP contribution in [-0.2, 0) is 4.74 Å². The molecule has 0 radical (unpaired) electrons. The molecule has 0 amide bonds. The van der Waals surface area contributed by atoms with Gasteiger partial charge in [0, 0.05) is 18.7 Å². The lowest BCUT2D eigenvalue weighted by Gasteiger charge is -2.32. The van der Waals surface area contributed by atoms with Gasteiger partial charge in [-0.25, -0.2) is 4.79 Å². The lowest BCUT2D eigenvalue weighted by molar-refractivity contribution is -0.344. The summed E-state index contributed by atoms with van der Waals surface area (Å²) in [6.45, 7) is 0.352. The Balaban J connectivity index is 1.81. The summed E-state index contributed by atoms with van der Waals surface area (Å²) >= 11 is 0. The summed E-state index contributed by atoms with van der Waals surface area (Å²) in [5.41, 5.74) is 0.373. The van der Waals surface area contributed by atoms with Crippen LogP contribution in [0.3, 0.4) is 0 Å². The van der Waals surface area contributed by atoms with Crippen molar-refractivity contribution in [2.75, 3.05) is 25.1 Å². The first-order valence-electron chi connectivity index (χ1n) is 8.15. The third kappa shape index (κ3) is 4.33. The summed E-state index contributed by atoms with van der Waals surface area (Å²) < 4.78 is 51.3. The molecule has 0 aliphatic carbocycles. The number of aromatic carboxylic acids is 1. The smallest absolute Gasteiger partial charge is 0.497 e. The Bertz CT molecular complexity index is 796. The minimum Gasteiger partial charge on any atom is -0.497 e. The number of methoxy groups -OCH3 is 1. The number of carboxylic acid groups (broad SMARTS) is 1. The molecule has 1 aromatic carbocycles. The van der Waals surface area contributed by atoms with Gasteiger partial charge in [-0.1, -0.05) is 5.16 Å². The van der Waals surface area contributed by atoms with Gasteiger partial charge in [0.25, 0.3) is 0 Å². The maximum absolute atomic E-state index is 12.3. The van der Waals surface area contributed by atoms with Crippen LogP contribution in [0.15, 0.2) is 28.8 Å². The predicted molar refractivity (Wildman–Crippen MR) is 87.8 cm³/mol. The summed E-state index contributed by atoms with van der Waals surface area (Å²) in [4.78, 5) is 13.4. The van der Waals surface area contributed by atoms with E-state index in [0.29, 0.717) is 11.3 Å². The van der Waals surface area contributed by atoms with Gasteiger partial charge in [-0.15, -0.1) is 13.2 Å².